The molecule has 0 saturated heterocycles. The van der Waals surface area contributed by atoms with Crippen LogP contribution in [0.4, 0.5) is 0 Å². The van der Waals surface area contributed by atoms with Crippen LogP contribution in [0.15, 0.2) is 18.3 Å². The number of rotatable bonds is 0. The fourth-order valence-corrected chi connectivity index (χ4v) is 1.77. The zero-order chi connectivity index (χ0) is 7.14. The third-order valence-corrected chi connectivity index (χ3v) is 2.67. The van der Waals surface area contributed by atoms with Crippen LogP contribution in [-0.4, -0.2) is 4.57 Å². The van der Waals surface area contributed by atoms with Crippen molar-refractivity contribution in [3.05, 3.63) is 24.0 Å². The molecule has 0 bridgehead atoms. The third kappa shape index (κ3) is 0.634. The van der Waals surface area contributed by atoms with Crippen LogP contribution in [0.5, 0.6) is 0 Å². The number of nitrogens with zero attached hydrogens (tertiary/aromatic N) is 1. The highest BCUT2D eigenvalue weighted by Gasteiger charge is 2.24. The van der Waals surface area contributed by atoms with E-state index in [1.54, 1.807) is 0 Å². The van der Waals surface area contributed by atoms with Gasteiger partial charge in [0.05, 0.1) is 0 Å². The van der Waals surface area contributed by atoms with E-state index >= 15 is 0 Å². The molecule has 0 saturated carbocycles. The second-order valence-electron chi connectivity index (χ2n) is 3.35. The molecule has 1 aromatic heterocycles. The van der Waals surface area contributed by atoms with Crippen molar-refractivity contribution in [1.82, 2.24) is 4.57 Å². The maximum absolute atomic E-state index is 2.36. The van der Waals surface area contributed by atoms with E-state index in [-0.39, 0.29) is 0 Å². The maximum Gasteiger partial charge on any atom is 0.0254 e. The summed E-state index contributed by atoms with van der Waals surface area (Å²) >= 11 is 0. The Morgan fingerprint density at radius 1 is 1.50 bits per heavy atom. The summed E-state index contributed by atoms with van der Waals surface area (Å²) in [5.41, 5.74) is 1.51. The van der Waals surface area contributed by atoms with Crippen molar-refractivity contribution in [3.63, 3.8) is 0 Å². The Hall–Kier alpha value is -0.720. The van der Waals surface area contributed by atoms with Crippen molar-refractivity contribution in [1.29, 1.82) is 0 Å². The minimum Gasteiger partial charge on any atom is -0.351 e. The standard InChI is InChI=1S/C9H13N/c1-7-6-10-5-3-4-9(10)8(7)2/h3-5,7-8H,6H2,1-2H3. The lowest BCUT2D eigenvalue weighted by atomic mass is 9.97. The van der Waals surface area contributed by atoms with E-state index in [2.05, 4.69) is 36.7 Å². The molecule has 1 nitrogen and oxygen atoms in total. The van der Waals surface area contributed by atoms with Crippen LogP contribution < -0.4 is 0 Å². The number of fused-ring (bicyclic) bond motifs is 1. The van der Waals surface area contributed by atoms with Crippen molar-refractivity contribution in [2.24, 2.45) is 5.92 Å². The normalized spacial score (nSPS) is 30.6. The fraction of sp³-hybridized carbons (Fsp3) is 0.556. The summed E-state index contributed by atoms with van der Waals surface area (Å²) in [5, 5.41) is 0. The first-order chi connectivity index (χ1) is 4.79. The van der Waals surface area contributed by atoms with Gasteiger partial charge in [-0.2, -0.15) is 0 Å². The van der Waals surface area contributed by atoms with Gasteiger partial charge >= 0.3 is 0 Å². The van der Waals surface area contributed by atoms with Crippen molar-refractivity contribution < 1.29 is 0 Å². The lowest BCUT2D eigenvalue weighted by Crippen LogP contribution is -1.98. The van der Waals surface area contributed by atoms with E-state index in [1.165, 1.54) is 12.2 Å². The molecule has 2 rings (SSSR count). The Kier molecular flexibility index (Phi) is 1.13. The topological polar surface area (TPSA) is 4.93 Å². The van der Waals surface area contributed by atoms with Crippen LogP contribution >= 0.6 is 0 Å². The van der Waals surface area contributed by atoms with Gasteiger partial charge in [-0.05, 0) is 18.1 Å². The van der Waals surface area contributed by atoms with Crippen LogP contribution in [0.2, 0.25) is 0 Å². The minimum atomic E-state index is 0.759. The average molecular weight is 135 g/mol. The van der Waals surface area contributed by atoms with Crippen LogP contribution in [0, 0.1) is 5.92 Å². The van der Waals surface area contributed by atoms with E-state index in [0.29, 0.717) is 0 Å². The Morgan fingerprint density at radius 3 is 3.00 bits per heavy atom. The van der Waals surface area contributed by atoms with Gasteiger partial charge in [-0.15, -0.1) is 0 Å². The number of hydrogen-bond donors (Lipinski definition) is 0. The molecule has 2 unspecified atom stereocenters. The first-order valence-electron chi connectivity index (χ1n) is 3.94. The molecule has 0 spiro atoms. The summed E-state index contributed by atoms with van der Waals surface area (Å²) in [6.07, 6.45) is 2.18. The highest BCUT2D eigenvalue weighted by atomic mass is 15.0. The predicted octanol–water partition coefficient (Wildman–Crippen LogP) is 2.24. The number of aromatic nitrogens is 1. The molecule has 54 valence electrons. The van der Waals surface area contributed by atoms with Crippen molar-refractivity contribution in [2.45, 2.75) is 26.3 Å². The van der Waals surface area contributed by atoms with Gasteiger partial charge in [-0.25, -0.2) is 0 Å². The monoisotopic (exact) mass is 135 g/mol. The van der Waals surface area contributed by atoms with Gasteiger partial charge in [0.25, 0.3) is 0 Å². The quantitative estimate of drug-likeness (QED) is 0.514. The van der Waals surface area contributed by atoms with Gasteiger partial charge in [0, 0.05) is 24.4 Å². The summed E-state index contributed by atoms with van der Waals surface area (Å²) < 4.78 is 2.36. The van der Waals surface area contributed by atoms with Gasteiger partial charge in [0.2, 0.25) is 0 Å². The van der Waals surface area contributed by atoms with Gasteiger partial charge < -0.3 is 4.57 Å². The molecule has 0 aliphatic carbocycles. The SMILES string of the molecule is CC1Cn2cccc2C1C. The van der Waals surface area contributed by atoms with Gasteiger partial charge in [-0.1, -0.05) is 13.8 Å². The molecule has 1 aliphatic heterocycles. The lowest BCUT2D eigenvalue weighted by Gasteiger charge is -2.05. The Bertz CT molecular complexity index is 237. The molecule has 0 fully saturated rings. The molecule has 0 amide bonds. The van der Waals surface area contributed by atoms with Crippen molar-refractivity contribution >= 4 is 0 Å². The molecular formula is C9H13N. The van der Waals surface area contributed by atoms with Crippen LogP contribution in [-0.2, 0) is 6.54 Å². The third-order valence-electron chi connectivity index (χ3n) is 2.67. The molecule has 0 N–H and O–H groups in total. The van der Waals surface area contributed by atoms with E-state index in [0.717, 1.165) is 11.8 Å². The molecule has 2 heterocycles. The molecular weight excluding hydrogens is 122 g/mol. The molecule has 0 radical (unpaired) electrons. The second kappa shape index (κ2) is 1.88. The predicted molar refractivity (Wildman–Crippen MR) is 42.0 cm³/mol. The van der Waals surface area contributed by atoms with Gasteiger partial charge in [0.1, 0.15) is 0 Å². The zero-order valence-corrected chi connectivity index (χ0v) is 6.54. The fourth-order valence-electron chi connectivity index (χ4n) is 1.77. The smallest absolute Gasteiger partial charge is 0.0254 e. The molecule has 1 heteroatoms. The highest BCUT2D eigenvalue weighted by molar-refractivity contribution is 5.16. The minimum absolute atomic E-state index is 0.759. The van der Waals surface area contributed by atoms with E-state index in [9.17, 15) is 0 Å². The Labute approximate surface area is 61.7 Å². The van der Waals surface area contributed by atoms with Crippen molar-refractivity contribution in [3.8, 4) is 0 Å². The van der Waals surface area contributed by atoms with Gasteiger partial charge in [-0.3, -0.25) is 0 Å². The molecule has 1 aliphatic rings. The van der Waals surface area contributed by atoms with Crippen molar-refractivity contribution in [2.75, 3.05) is 0 Å². The highest BCUT2D eigenvalue weighted by Crippen LogP contribution is 2.32. The Balaban J connectivity index is 2.43. The molecule has 1 aromatic rings. The average Bonchev–Trinajstić information content (AvgIpc) is 2.41. The largest absolute Gasteiger partial charge is 0.351 e. The Morgan fingerprint density at radius 2 is 2.30 bits per heavy atom. The summed E-state index contributed by atoms with van der Waals surface area (Å²) in [4.78, 5) is 0. The summed E-state index contributed by atoms with van der Waals surface area (Å²) in [5.74, 6) is 1.59. The summed E-state index contributed by atoms with van der Waals surface area (Å²) in [6.45, 7) is 5.84. The second-order valence-corrected chi connectivity index (χ2v) is 3.35. The van der Waals surface area contributed by atoms with Gasteiger partial charge in [0.15, 0.2) is 0 Å². The molecule has 2 atom stereocenters. The first kappa shape index (κ1) is 6.02. The zero-order valence-electron chi connectivity index (χ0n) is 6.54. The van der Waals surface area contributed by atoms with Crippen LogP contribution in [0.3, 0.4) is 0 Å². The van der Waals surface area contributed by atoms with Crippen LogP contribution in [0.1, 0.15) is 25.5 Å². The van der Waals surface area contributed by atoms with E-state index < -0.39 is 0 Å². The van der Waals surface area contributed by atoms with E-state index in [4.69, 9.17) is 0 Å². The first-order valence-corrected chi connectivity index (χ1v) is 3.94. The van der Waals surface area contributed by atoms with Crippen LogP contribution in [0.25, 0.3) is 0 Å². The van der Waals surface area contributed by atoms with E-state index in [1.807, 2.05) is 0 Å². The molecule has 0 aromatic carbocycles. The summed E-state index contributed by atoms with van der Waals surface area (Å²) in [6, 6.07) is 4.37. The maximum atomic E-state index is 2.36. The summed E-state index contributed by atoms with van der Waals surface area (Å²) in [7, 11) is 0. The number of hydrogen-bond acceptors (Lipinski definition) is 0. The lowest BCUT2D eigenvalue weighted by molar-refractivity contribution is 0.501. The molecule has 10 heavy (non-hydrogen) atoms.